The van der Waals surface area contributed by atoms with Gasteiger partial charge in [0.05, 0.1) is 5.92 Å². The fourth-order valence-corrected chi connectivity index (χ4v) is 2.53. The summed E-state index contributed by atoms with van der Waals surface area (Å²) in [6, 6.07) is 7.26. The van der Waals surface area contributed by atoms with Crippen LogP contribution in [0.5, 0.6) is 0 Å². The summed E-state index contributed by atoms with van der Waals surface area (Å²) in [4.78, 5) is 24.1. The molecule has 2 unspecified atom stereocenters. The Bertz CT molecular complexity index is 516. The lowest BCUT2D eigenvalue weighted by atomic mass is 10.0. The Morgan fingerprint density at radius 1 is 1.38 bits per heavy atom. The molecule has 1 aromatic rings. The number of anilines is 1. The average molecular weight is 289 g/mol. The van der Waals surface area contributed by atoms with Crippen LogP contribution in [0.25, 0.3) is 0 Å². The third kappa shape index (κ3) is 4.04. The minimum atomic E-state index is -0.108. The number of benzene rings is 1. The van der Waals surface area contributed by atoms with Gasteiger partial charge in [0.1, 0.15) is 0 Å². The lowest BCUT2D eigenvalue weighted by molar-refractivity contribution is -0.120. The summed E-state index contributed by atoms with van der Waals surface area (Å²) >= 11 is 0. The number of hydrogen-bond donors (Lipinski definition) is 3. The van der Waals surface area contributed by atoms with Crippen LogP contribution in [0.15, 0.2) is 24.3 Å². The highest BCUT2D eigenvalue weighted by Gasteiger charge is 2.29. The zero-order chi connectivity index (χ0) is 15.2. The van der Waals surface area contributed by atoms with E-state index >= 15 is 0 Å². The summed E-state index contributed by atoms with van der Waals surface area (Å²) in [7, 11) is 0. The van der Waals surface area contributed by atoms with Gasteiger partial charge in [0.15, 0.2) is 0 Å². The van der Waals surface area contributed by atoms with E-state index < -0.39 is 0 Å². The fourth-order valence-electron chi connectivity index (χ4n) is 2.53. The van der Waals surface area contributed by atoms with Crippen LogP contribution in [0.4, 0.5) is 5.69 Å². The van der Waals surface area contributed by atoms with E-state index in [0.29, 0.717) is 17.8 Å². The lowest BCUT2D eigenvalue weighted by Gasteiger charge is -2.15. The summed E-state index contributed by atoms with van der Waals surface area (Å²) in [6.45, 7) is 5.55. The van der Waals surface area contributed by atoms with Gasteiger partial charge in [-0.1, -0.05) is 13.0 Å². The summed E-state index contributed by atoms with van der Waals surface area (Å²) in [5.41, 5.74) is 1.24. The number of carbonyl (C=O) groups is 2. The quantitative estimate of drug-likeness (QED) is 0.773. The molecule has 2 amide bonds. The van der Waals surface area contributed by atoms with Gasteiger partial charge >= 0.3 is 0 Å². The van der Waals surface area contributed by atoms with Crippen LogP contribution >= 0.6 is 0 Å². The number of carbonyl (C=O) groups excluding carboxylic acids is 2. The molecule has 114 valence electrons. The zero-order valence-electron chi connectivity index (χ0n) is 12.6. The summed E-state index contributed by atoms with van der Waals surface area (Å²) < 4.78 is 0. The van der Waals surface area contributed by atoms with E-state index in [1.807, 2.05) is 19.9 Å². The van der Waals surface area contributed by atoms with E-state index in [1.165, 1.54) is 0 Å². The molecule has 0 radical (unpaired) electrons. The van der Waals surface area contributed by atoms with E-state index in [-0.39, 0.29) is 23.8 Å². The molecule has 1 fully saturated rings. The Morgan fingerprint density at radius 3 is 2.86 bits per heavy atom. The van der Waals surface area contributed by atoms with Crippen LogP contribution in [0.3, 0.4) is 0 Å². The van der Waals surface area contributed by atoms with E-state index in [0.717, 1.165) is 19.4 Å². The molecule has 1 heterocycles. The monoisotopic (exact) mass is 289 g/mol. The number of nitrogens with one attached hydrogen (secondary N) is 3. The predicted molar refractivity (Wildman–Crippen MR) is 83.3 cm³/mol. The zero-order valence-corrected chi connectivity index (χ0v) is 12.6. The standard InChI is InChI=1S/C16H23N3O2/c1-3-8-18-15(20)12-5-4-6-13(10-12)19-16(21)14-7-9-17-11(14)2/h4-6,10-11,14,17H,3,7-9H2,1-2H3,(H,18,20)(H,19,21). The Morgan fingerprint density at radius 2 is 2.19 bits per heavy atom. The third-order valence-electron chi connectivity index (χ3n) is 3.79. The van der Waals surface area contributed by atoms with Crippen LogP contribution in [0.1, 0.15) is 37.0 Å². The highest BCUT2D eigenvalue weighted by atomic mass is 16.2. The van der Waals surface area contributed by atoms with Gasteiger partial charge in [-0.3, -0.25) is 9.59 Å². The van der Waals surface area contributed by atoms with Gasteiger partial charge in [-0.2, -0.15) is 0 Å². The molecule has 5 heteroatoms. The molecule has 2 rings (SSSR count). The van der Waals surface area contributed by atoms with Crippen molar-refractivity contribution in [3.8, 4) is 0 Å². The number of hydrogen-bond acceptors (Lipinski definition) is 3. The van der Waals surface area contributed by atoms with Crippen LogP contribution in [-0.2, 0) is 4.79 Å². The Hall–Kier alpha value is -1.88. The molecule has 0 aromatic heterocycles. The molecule has 0 spiro atoms. The molecular formula is C16H23N3O2. The second kappa shape index (κ2) is 7.22. The van der Waals surface area contributed by atoms with Crippen LogP contribution in [-0.4, -0.2) is 30.9 Å². The Labute approximate surface area is 125 Å². The molecule has 1 aromatic carbocycles. The van der Waals surface area contributed by atoms with Crippen molar-refractivity contribution in [2.45, 2.75) is 32.7 Å². The second-order valence-electron chi connectivity index (χ2n) is 5.46. The molecule has 0 aliphatic carbocycles. The van der Waals surface area contributed by atoms with Gasteiger partial charge in [-0.05, 0) is 44.5 Å². The summed E-state index contributed by atoms with van der Waals surface area (Å²) in [6.07, 6.45) is 1.75. The van der Waals surface area contributed by atoms with Crippen LogP contribution < -0.4 is 16.0 Å². The number of rotatable bonds is 5. The second-order valence-corrected chi connectivity index (χ2v) is 5.46. The van der Waals surface area contributed by atoms with Crippen molar-refractivity contribution in [1.29, 1.82) is 0 Å². The van der Waals surface area contributed by atoms with Crippen LogP contribution in [0.2, 0.25) is 0 Å². The molecule has 1 aliphatic heterocycles. The van der Waals surface area contributed by atoms with Crippen molar-refractivity contribution >= 4 is 17.5 Å². The lowest BCUT2D eigenvalue weighted by Crippen LogP contribution is -2.32. The largest absolute Gasteiger partial charge is 0.352 e. The number of amides is 2. The highest BCUT2D eigenvalue weighted by Crippen LogP contribution is 2.18. The third-order valence-corrected chi connectivity index (χ3v) is 3.79. The van der Waals surface area contributed by atoms with E-state index in [2.05, 4.69) is 16.0 Å². The van der Waals surface area contributed by atoms with Crippen molar-refractivity contribution < 1.29 is 9.59 Å². The molecule has 21 heavy (non-hydrogen) atoms. The molecule has 1 aliphatic rings. The Kier molecular flexibility index (Phi) is 5.33. The first kappa shape index (κ1) is 15.5. The highest BCUT2D eigenvalue weighted by molar-refractivity contribution is 5.97. The molecule has 2 atom stereocenters. The molecule has 3 N–H and O–H groups in total. The summed E-state index contributed by atoms with van der Waals surface area (Å²) in [5, 5.41) is 9.00. The molecule has 0 saturated carbocycles. The first-order chi connectivity index (χ1) is 10.1. The SMILES string of the molecule is CCCNC(=O)c1cccc(NC(=O)C2CCNC2C)c1. The maximum atomic E-state index is 12.2. The van der Waals surface area contributed by atoms with E-state index in [9.17, 15) is 9.59 Å². The maximum Gasteiger partial charge on any atom is 0.251 e. The van der Waals surface area contributed by atoms with Gasteiger partial charge in [0.2, 0.25) is 5.91 Å². The summed E-state index contributed by atoms with van der Waals surface area (Å²) in [5.74, 6) is -0.106. The smallest absolute Gasteiger partial charge is 0.251 e. The normalized spacial score (nSPS) is 21.0. The predicted octanol–water partition coefficient (Wildman–Crippen LogP) is 1.76. The minimum Gasteiger partial charge on any atom is -0.352 e. The first-order valence-corrected chi connectivity index (χ1v) is 7.54. The van der Waals surface area contributed by atoms with Gasteiger partial charge < -0.3 is 16.0 Å². The van der Waals surface area contributed by atoms with Crippen molar-refractivity contribution in [1.82, 2.24) is 10.6 Å². The van der Waals surface area contributed by atoms with E-state index in [4.69, 9.17) is 0 Å². The minimum absolute atomic E-state index is 0.0115. The van der Waals surface area contributed by atoms with Crippen molar-refractivity contribution in [2.75, 3.05) is 18.4 Å². The van der Waals surface area contributed by atoms with Crippen LogP contribution in [0, 0.1) is 5.92 Å². The Balaban J connectivity index is 2.00. The van der Waals surface area contributed by atoms with Crippen molar-refractivity contribution in [3.63, 3.8) is 0 Å². The molecule has 0 bridgehead atoms. The molecule has 5 nitrogen and oxygen atoms in total. The van der Waals surface area contributed by atoms with Crippen molar-refractivity contribution in [3.05, 3.63) is 29.8 Å². The molecule has 1 saturated heterocycles. The van der Waals surface area contributed by atoms with Gasteiger partial charge in [-0.25, -0.2) is 0 Å². The van der Waals surface area contributed by atoms with Gasteiger partial charge in [0, 0.05) is 23.8 Å². The average Bonchev–Trinajstić information content (AvgIpc) is 2.91. The molecular weight excluding hydrogens is 266 g/mol. The maximum absolute atomic E-state index is 12.2. The van der Waals surface area contributed by atoms with E-state index in [1.54, 1.807) is 18.2 Å². The first-order valence-electron chi connectivity index (χ1n) is 7.54. The van der Waals surface area contributed by atoms with Crippen molar-refractivity contribution in [2.24, 2.45) is 5.92 Å². The van der Waals surface area contributed by atoms with Gasteiger partial charge in [0.25, 0.3) is 5.91 Å². The fraction of sp³-hybridized carbons (Fsp3) is 0.500. The van der Waals surface area contributed by atoms with Gasteiger partial charge in [-0.15, -0.1) is 0 Å². The topological polar surface area (TPSA) is 70.2 Å².